The van der Waals surface area contributed by atoms with E-state index in [4.69, 9.17) is 0 Å². The Labute approximate surface area is 104 Å². The molecule has 18 heavy (non-hydrogen) atoms. The third-order valence-electron chi connectivity index (χ3n) is 2.51. The summed E-state index contributed by atoms with van der Waals surface area (Å²) in [7, 11) is -5.58. The molecule has 0 saturated heterocycles. The molecule has 102 valence electrons. The third kappa shape index (κ3) is 3.17. The maximum atomic E-state index is 12.2. The first-order valence-electron chi connectivity index (χ1n) is 5.30. The summed E-state index contributed by atoms with van der Waals surface area (Å²) in [5.74, 6) is -0.150. The quantitative estimate of drug-likeness (QED) is 0.443. The van der Waals surface area contributed by atoms with E-state index in [1.165, 1.54) is 6.92 Å². The molecule has 0 heterocycles. The Hall–Kier alpha value is -1.20. The Morgan fingerprint density at radius 2 is 1.94 bits per heavy atom. The summed E-state index contributed by atoms with van der Waals surface area (Å²) in [6.45, 7) is 3.26. The van der Waals surface area contributed by atoms with E-state index in [9.17, 15) is 21.6 Å². The maximum absolute atomic E-state index is 12.2. The Balaban J connectivity index is 3.12. The zero-order chi connectivity index (χ0) is 14.0. The number of allylic oxidation sites excluding steroid dienone is 3. The maximum Gasteiger partial charge on any atom is 0.534 e. The van der Waals surface area contributed by atoms with Crippen molar-refractivity contribution in [2.24, 2.45) is 0 Å². The van der Waals surface area contributed by atoms with Crippen molar-refractivity contribution in [2.45, 2.75) is 38.6 Å². The highest BCUT2D eigenvalue weighted by molar-refractivity contribution is 7.87. The van der Waals surface area contributed by atoms with Gasteiger partial charge in [-0.3, -0.25) is 0 Å². The van der Waals surface area contributed by atoms with Crippen LogP contribution >= 0.6 is 0 Å². The van der Waals surface area contributed by atoms with E-state index >= 15 is 0 Å². The summed E-state index contributed by atoms with van der Waals surface area (Å²) in [5, 5.41) is 0. The highest BCUT2D eigenvalue weighted by atomic mass is 32.2. The van der Waals surface area contributed by atoms with Crippen LogP contribution in [0.2, 0.25) is 0 Å². The van der Waals surface area contributed by atoms with Crippen molar-refractivity contribution < 1.29 is 25.8 Å². The van der Waals surface area contributed by atoms with Crippen LogP contribution in [-0.4, -0.2) is 13.9 Å². The molecule has 0 aromatic heterocycles. The van der Waals surface area contributed by atoms with Gasteiger partial charge in [-0.05, 0) is 43.9 Å². The molecule has 0 aromatic rings. The number of rotatable bonds is 2. The molecule has 0 spiro atoms. The molecule has 3 nitrogen and oxygen atoms in total. The SMILES string of the molecule is CC=C=C1CCCC(OS(=O)(=O)C(F)(F)F)=C1C. The number of hydrogen-bond donors (Lipinski definition) is 0. The molecule has 0 amide bonds. The second-order valence-electron chi connectivity index (χ2n) is 3.80. The topological polar surface area (TPSA) is 43.4 Å². The van der Waals surface area contributed by atoms with E-state index in [-0.39, 0.29) is 12.2 Å². The molecule has 0 unspecified atom stereocenters. The van der Waals surface area contributed by atoms with Crippen molar-refractivity contribution in [1.82, 2.24) is 0 Å². The summed E-state index contributed by atoms with van der Waals surface area (Å²) in [6, 6.07) is 0. The summed E-state index contributed by atoms with van der Waals surface area (Å²) < 4.78 is 62.6. The lowest BCUT2D eigenvalue weighted by Gasteiger charge is -2.20. The highest BCUT2D eigenvalue weighted by Gasteiger charge is 2.49. The van der Waals surface area contributed by atoms with Gasteiger partial charge in [0, 0.05) is 6.42 Å². The predicted octanol–water partition coefficient (Wildman–Crippen LogP) is 3.41. The van der Waals surface area contributed by atoms with Crippen LogP contribution in [-0.2, 0) is 14.3 Å². The summed E-state index contributed by atoms with van der Waals surface area (Å²) in [6.07, 6.45) is 2.99. The molecular formula is C11H13F3O3S. The molecule has 0 atom stereocenters. The molecule has 0 aliphatic heterocycles. The Bertz CT molecular complexity index is 520. The first-order chi connectivity index (χ1) is 8.19. The molecular weight excluding hydrogens is 269 g/mol. The Morgan fingerprint density at radius 1 is 1.33 bits per heavy atom. The van der Waals surface area contributed by atoms with Crippen molar-refractivity contribution in [3.8, 4) is 0 Å². The smallest absolute Gasteiger partial charge is 0.380 e. The van der Waals surface area contributed by atoms with Gasteiger partial charge in [-0.25, -0.2) is 0 Å². The lowest BCUT2D eigenvalue weighted by atomic mass is 9.94. The van der Waals surface area contributed by atoms with Crippen molar-refractivity contribution in [1.29, 1.82) is 0 Å². The van der Waals surface area contributed by atoms with Crippen LogP contribution in [0.25, 0.3) is 0 Å². The molecule has 0 fully saturated rings. The largest absolute Gasteiger partial charge is 0.534 e. The van der Waals surface area contributed by atoms with Crippen LogP contribution in [0.1, 0.15) is 33.1 Å². The fraction of sp³-hybridized carbons (Fsp3) is 0.545. The van der Waals surface area contributed by atoms with E-state index < -0.39 is 15.6 Å². The summed E-state index contributed by atoms with van der Waals surface area (Å²) in [5.41, 5.74) is -1.45. The van der Waals surface area contributed by atoms with Crippen molar-refractivity contribution in [2.75, 3.05) is 0 Å². The zero-order valence-electron chi connectivity index (χ0n) is 9.97. The standard InChI is InChI=1S/C11H13F3O3S/c1-3-5-9-6-4-7-10(8(9)2)17-18(15,16)11(12,13)14/h3H,4,6-7H2,1-2H3. The molecule has 0 bridgehead atoms. The van der Waals surface area contributed by atoms with Gasteiger partial charge in [0.1, 0.15) is 5.76 Å². The first kappa shape index (κ1) is 14.9. The average molecular weight is 282 g/mol. The fourth-order valence-electron chi connectivity index (χ4n) is 1.61. The number of alkyl halides is 3. The molecule has 0 radical (unpaired) electrons. The van der Waals surface area contributed by atoms with Gasteiger partial charge in [-0.15, -0.1) is 5.73 Å². The van der Waals surface area contributed by atoms with Gasteiger partial charge >= 0.3 is 15.6 Å². The predicted molar refractivity (Wildman–Crippen MR) is 59.9 cm³/mol. The summed E-state index contributed by atoms with van der Waals surface area (Å²) in [4.78, 5) is 0. The normalized spacial score (nSPS) is 17.5. The second kappa shape index (κ2) is 5.20. The van der Waals surface area contributed by atoms with Gasteiger partial charge in [-0.2, -0.15) is 21.6 Å². The van der Waals surface area contributed by atoms with Gasteiger partial charge in [0.15, 0.2) is 0 Å². The minimum Gasteiger partial charge on any atom is -0.380 e. The van der Waals surface area contributed by atoms with Crippen LogP contribution in [0.4, 0.5) is 13.2 Å². The minimum atomic E-state index is -5.58. The van der Waals surface area contributed by atoms with E-state index in [0.717, 1.165) is 0 Å². The van der Waals surface area contributed by atoms with Gasteiger partial charge in [-0.1, -0.05) is 0 Å². The zero-order valence-corrected chi connectivity index (χ0v) is 10.8. The monoisotopic (exact) mass is 282 g/mol. The van der Waals surface area contributed by atoms with Crippen LogP contribution in [0.15, 0.2) is 28.7 Å². The second-order valence-corrected chi connectivity index (χ2v) is 5.33. The molecule has 0 saturated carbocycles. The number of hydrogen-bond acceptors (Lipinski definition) is 3. The van der Waals surface area contributed by atoms with Gasteiger partial charge in [0.2, 0.25) is 0 Å². The fourth-order valence-corrected chi connectivity index (χ4v) is 2.18. The lowest BCUT2D eigenvalue weighted by Crippen LogP contribution is -2.26. The highest BCUT2D eigenvalue weighted by Crippen LogP contribution is 2.34. The first-order valence-corrected chi connectivity index (χ1v) is 6.71. The van der Waals surface area contributed by atoms with Crippen molar-refractivity contribution >= 4 is 10.1 Å². The molecule has 0 N–H and O–H groups in total. The number of halogens is 3. The van der Waals surface area contributed by atoms with Crippen LogP contribution in [0.5, 0.6) is 0 Å². The summed E-state index contributed by atoms with van der Waals surface area (Å²) >= 11 is 0. The van der Waals surface area contributed by atoms with E-state index in [1.807, 2.05) is 0 Å². The van der Waals surface area contributed by atoms with E-state index in [1.54, 1.807) is 13.0 Å². The van der Waals surface area contributed by atoms with Gasteiger partial charge < -0.3 is 4.18 Å². The van der Waals surface area contributed by atoms with Crippen LogP contribution in [0, 0.1) is 0 Å². The van der Waals surface area contributed by atoms with E-state index in [2.05, 4.69) is 9.91 Å². The lowest BCUT2D eigenvalue weighted by molar-refractivity contribution is -0.0524. The molecule has 0 aromatic carbocycles. The van der Waals surface area contributed by atoms with Crippen LogP contribution in [0.3, 0.4) is 0 Å². The average Bonchev–Trinajstić information content (AvgIpc) is 2.22. The molecule has 1 aliphatic carbocycles. The van der Waals surface area contributed by atoms with Crippen molar-refractivity contribution in [3.05, 3.63) is 28.7 Å². The van der Waals surface area contributed by atoms with Crippen molar-refractivity contribution in [3.63, 3.8) is 0 Å². The molecule has 7 heteroatoms. The van der Waals surface area contributed by atoms with Crippen LogP contribution < -0.4 is 0 Å². The van der Waals surface area contributed by atoms with E-state index in [0.29, 0.717) is 24.0 Å². The van der Waals surface area contributed by atoms with Gasteiger partial charge in [0.25, 0.3) is 0 Å². The third-order valence-corrected chi connectivity index (χ3v) is 3.50. The molecule has 1 rings (SSSR count). The Morgan fingerprint density at radius 3 is 2.44 bits per heavy atom. The Kier molecular flexibility index (Phi) is 4.29. The van der Waals surface area contributed by atoms with Gasteiger partial charge in [0.05, 0.1) is 0 Å². The molecule has 1 aliphatic rings. The minimum absolute atomic E-state index is 0.150.